The van der Waals surface area contributed by atoms with Crippen LogP contribution >= 0.6 is 23.4 Å². The molecular weight excluding hydrogens is 386 g/mol. The van der Waals surface area contributed by atoms with Gasteiger partial charge in [0.25, 0.3) is 5.56 Å². The summed E-state index contributed by atoms with van der Waals surface area (Å²) < 4.78 is 5.24. The summed E-state index contributed by atoms with van der Waals surface area (Å²) in [6, 6.07) is 7.09. The molecule has 142 valence electrons. The number of fused-ring (bicyclic) bond motifs is 1. The van der Waals surface area contributed by atoms with Gasteiger partial charge in [-0.15, -0.1) is 0 Å². The topological polar surface area (TPSA) is 84.1 Å². The summed E-state index contributed by atoms with van der Waals surface area (Å²) in [5.41, 5.74) is 1.90. The lowest BCUT2D eigenvalue weighted by Gasteiger charge is -2.28. The summed E-state index contributed by atoms with van der Waals surface area (Å²) in [7, 11) is 0. The molecule has 0 saturated heterocycles. The minimum absolute atomic E-state index is 0.247. The van der Waals surface area contributed by atoms with E-state index in [0.29, 0.717) is 32.8 Å². The van der Waals surface area contributed by atoms with Crippen molar-refractivity contribution in [3.05, 3.63) is 62.0 Å². The fraction of sp³-hybridized carbons (Fsp3) is 0.316. The number of esters is 1. The minimum atomic E-state index is -0.588. The van der Waals surface area contributed by atoms with Gasteiger partial charge in [-0.3, -0.25) is 4.79 Å². The lowest BCUT2D eigenvalue weighted by molar-refractivity contribution is -0.138. The molecule has 1 atom stereocenters. The van der Waals surface area contributed by atoms with E-state index in [4.69, 9.17) is 16.3 Å². The number of hydrogen-bond acceptors (Lipinski definition) is 6. The summed E-state index contributed by atoms with van der Waals surface area (Å²) in [4.78, 5) is 32.9. The van der Waals surface area contributed by atoms with Crippen LogP contribution in [0.4, 0.5) is 5.82 Å². The third-order valence-corrected chi connectivity index (χ3v) is 5.21. The van der Waals surface area contributed by atoms with Crippen molar-refractivity contribution in [2.75, 3.05) is 17.7 Å². The summed E-state index contributed by atoms with van der Waals surface area (Å²) in [6.07, 6.45) is 0. The van der Waals surface area contributed by atoms with Crippen molar-refractivity contribution in [3.63, 3.8) is 0 Å². The zero-order valence-electron chi connectivity index (χ0n) is 15.3. The van der Waals surface area contributed by atoms with E-state index in [2.05, 4.69) is 15.3 Å². The van der Waals surface area contributed by atoms with E-state index in [-0.39, 0.29) is 12.2 Å². The van der Waals surface area contributed by atoms with Crippen molar-refractivity contribution < 1.29 is 9.53 Å². The van der Waals surface area contributed by atoms with Gasteiger partial charge in [-0.1, -0.05) is 42.4 Å². The smallest absolute Gasteiger partial charge is 0.336 e. The number of carbonyl (C=O) groups is 1. The molecule has 0 amide bonds. The summed E-state index contributed by atoms with van der Waals surface area (Å²) in [6.45, 7) is 5.76. The number of hydrogen-bond donors (Lipinski definition) is 2. The first kappa shape index (κ1) is 19.5. The van der Waals surface area contributed by atoms with Gasteiger partial charge in [-0.2, -0.15) is 0 Å². The van der Waals surface area contributed by atoms with Crippen molar-refractivity contribution in [1.82, 2.24) is 9.97 Å². The van der Waals surface area contributed by atoms with E-state index in [0.717, 1.165) is 11.3 Å². The molecule has 0 saturated carbocycles. The Labute approximate surface area is 166 Å². The average molecular weight is 406 g/mol. The molecule has 2 heterocycles. The molecule has 8 heteroatoms. The normalized spacial score (nSPS) is 15.9. The maximum Gasteiger partial charge on any atom is 0.336 e. The van der Waals surface area contributed by atoms with E-state index in [1.807, 2.05) is 19.1 Å². The lowest BCUT2D eigenvalue weighted by Crippen LogP contribution is -2.31. The Morgan fingerprint density at radius 1 is 1.30 bits per heavy atom. The number of rotatable bonds is 5. The third-order valence-electron chi connectivity index (χ3n) is 4.20. The molecule has 0 bridgehead atoms. The molecule has 2 N–H and O–H groups in total. The molecule has 27 heavy (non-hydrogen) atoms. The van der Waals surface area contributed by atoms with Crippen LogP contribution in [0.3, 0.4) is 0 Å². The van der Waals surface area contributed by atoms with Gasteiger partial charge in [0, 0.05) is 10.7 Å². The number of benzene rings is 1. The van der Waals surface area contributed by atoms with Crippen LogP contribution < -0.4 is 10.9 Å². The Morgan fingerprint density at radius 3 is 2.63 bits per heavy atom. The predicted molar refractivity (Wildman–Crippen MR) is 108 cm³/mol. The monoisotopic (exact) mass is 405 g/mol. The fourth-order valence-corrected chi connectivity index (χ4v) is 3.82. The van der Waals surface area contributed by atoms with Gasteiger partial charge < -0.3 is 15.0 Å². The van der Waals surface area contributed by atoms with Gasteiger partial charge in [0.2, 0.25) is 0 Å². The maximum absolute atomic E-state index is 12.9. The Kier molecular flexibility index (Phi) is 5.92. The molecule has 0 unspecified atom stereocenters. The lowest BCUT2D eigenvalue weighted by atomic mass is 9.82. The molecule has 0 spiro atoms. The number of halogens is 1. The predicted octanol–water partition coefficient (Wildman–Crippen LogP) is 3.93. The quantitative estimate of drug-likeness (QED) is 0.445. The molecule has 0 radical (unpaired) electrons. The van der Waals surface area contributed by atoms with Crippen molar-refractivity contribution in [3.8, 4) is 0 Å². The number of anilines is 1. The molecule has 0 fully saturated rings. The van der Waals surface area contributed by atoms with Crippen molar-refractivity contribution in [2.45, 2.75) is 31.8 Å². The summed E-state index contributed by atoms with van der Waals surface area (Å²) in [5.74, 6) is 0.194. The Balaban J connectivity index is 2.22. The molecule has 1 aliphatic rings. The molecule has 3 rings (SSSR count). The van der Waals surface area contributed by atoms with Gasteiger partial charge in [0.15, 0.2) is 5.16 Å². The summed E-state index contributed by atoms with van der Waals surface area (Å²) in [5, 5.41) is 4.22. The number of carbonyl (C=O) groups excluding carboxylic acids is 1. The van der Waals surface area contributed by atoms with Gasteiger partial charge in [-0.25, -0.2) is 9.78 Å². The number of nitrogens with zero attached hydrogens (tertiary/aromatic N) is 1. The molecule has 1 aromatic heterocycles. The van der Waals surface area contributed by atoms with Gasteiger partial charge in [-0.05, 0) is 37.3 Å². The summed E-state index contributed by atoms with van der Waals surface area (Å²) >= 11 is 7.46. The zero-order valence-corrected chi connectivity index (χ0v) is 16.8. The molecule has 0 aliphatic carbocycles. The molecular formula is C19H20ClN3O3S. The standard InChI is InChI=1S/C19H20ClN3O3S/c1-4-26-18(25)13-10(3)21-16-15(17(24)23-19(22-16)27-5-2)14(13)11-6-8-12(20)9-7-11/h6-9,14H,4-5H2,1-3H3,(H2,21,22,23,24)/t14-/m0/s1. The van der Waals surface area contributed by atoms with E-state index >= 15 is 0 Å². The maximum atomic E-state index is 12.9. The largest absolute Gasteiger partial charge is 0.463 e. The second-order valence-electron chi connectivity index (χ2n) is 5.94. The number of ether oxygens (including phenoxy) is 1. The number of aromatic nitrogens is 2. The first-order valence-corrected chi connectivity index (χ1v) is 10.00. The molecule has 2 aromatic rings. The molecule has 1 aromatic carbocycles. The SMILES string of the molecule is CCOC(=O)C1=C(C)Nc2nc(SCC)[nH]c(=O)c2[C@H]1c1ccc(Cl)cc1. The van der Waals surface area contributed by atoms with E-state index in [1.54, 1.807) is 26.0 Å². The number of thioether (sulfide) groups is 1. The first-order valence-electron chi connectivity index (χ1n) is 8.63. The fourth-order valence-electron chi connectivity index (χ4n) is 3.10. The number of aromatic amines is 1. The van der Waals surface area contributed by atoms with Crippen molar-refractivity contribution >= 4 is 35.1 Å². The Hall–Kier alpha value is -2.25. The van der Waals surface area contributed by atoms with Crippen LogP contribution in [0.15, 0.2) is 45.5 Å². The zero-order chi connectivity index (χ0) is 19.6. The highest BCUT2D eigenvalue weighted by Gasteiger charge is 2.36. The second-order valence-corrected chi connectivity index (χ2v) is 7.62. The molecule has 6 nitrogen and oxygen atoms in total. The Morgan fingerprint density at radius 2 is 2.00 bits per heavy atom. The van der Waals surface area contributed by atoms with Crippen LogP contribution in [0.5, 0.6) is 0 Å². The minimum Gasteiger partial charge on any atom is -0.463 e. The number of allylic oxidation sites excluding steroid dienone is 1. The van der Waals surface area contributed by atoms with E-state index < -0.39 is 11.9 Å². The average Bonchev–Trinajstić information content (AvgIpc) is 2.61. The van der Waals surface area contributed by atoms with Crippen LogP contribution in [0.25, 0.3) is 0 Å². The van der Waals surface area contributed by atoms with Crippen molar-refractivity contribution in [1.29, 1.82) is 0 Å². The van der Waals surface area contributed by atoms with Gasteiger partial charge in [0.1, 0.15) is 5.82 Å². The highest BCUT2D eigenvalue weighted by Crippen LogP contribution is 2.40. The first-order chi connectivity index (χ1) is 13.0. The van der Waals surface area contributed by atoms with Crippen LogP contribution in [-0.4, -0.2) is 28.3 Å². The Bertz CT molecular complexity index is 954. The number of nitrogens with one attached hydrogen (secondary N) is 2. The highest BCUT2D eigenvalue weighted by atomic mass is 35.5. The molecule has 1 aliphatic heterocycles. The van der Waals surface area contributed by atoms with Gasteiger partial charge >= 0.3 is 5.97 Å². The highest BCUT2D eigenvalue weighted by molar-refractivity contribution is 7.99. The second kappa shape index (κ2) is 8.19. The van der Waals surface area contributed by atoms with Crippen LogP contribution in [-0.2, 0) is 9.53 Å². The van der Waals surface area contributed by atoms with Crippen LogP contribution in [0.1, 0.15) is 37.8 Å². The van der Waals surface area contributed by atoms with Gasteiger partial charge in [0.05, 0.1) is 23.7 Å². The van der Waals surface area contributed by atoms with Crippen molar-refractivity contribution in [2.24, 2.45) is 0 Å². The van der Waals surface area contributed by atoms with Crippen LogP contribution in [0, 0.1) is 0 Å². The number of H-pyrrole nitrogens is 1. The van der Waals surface area contributed by atoms with E-state index in [1.165, 1.54) is 11.8 Å². The third kappa shape index (κ3) is 3.89. The van der Waals surface area contributed by atoms with E-state index in [9.17, 15) is 9.59 Å². The van der Waals surface area contributed by atoms with Crippen LogP contribution in [0.2, 0.25) is 5.02 Å².